The van der Waals surface area contributed by atoms with Gasteiger partial charge in [-0.3, -0.25) is 0 Å². The van der Waals surface area contributed by atoms with Crippen LogP contribution in [0.5, 0.6) is 11.5 Å². The van der Waals surface area contributed by atoms with Gasteiger partial charge in [0.1, 0.15) is 16.0 Å². The molecule has 0 heterocycles. The number of ether oxygens (including phenoxy) is 2. The molecule has 0 radical (unpaired) electrons. The van der Waals surface area contributed by atoms with Crippen molar-refractivity contribution < 1.29 is 14.6 Å². The van der Waals surface area contributed by atoms with Gasteiger partial charge in [0.2, 0.25) is 0 Å². The van der Waals surface area contributed by atoms with Crippen LogP contribution in [0.3, 0.4) is 0 Å². The Balaban J connectivity index is 0.00000242. The van der Waals surface area contributed by atoms with Crippen molar-refractivity contribution in [3.05, 3.63) is 22.2 Å². The molecule has 1 aromatic carbocycles. The topological polar surface area (TPSA) is 64.7 Å². The highest BCUT2D eigenvalue weighted by molar-refractivity contribution is 9.10. The highest BCUT2D eigenvalue weighted by Crippen LogP contribution is 2.39. The van der Waals surface area contributed by atoms with Gasteiger partial charge in [-0.2, -0.15) is 0 Å². The molecule has 126 valence electrons. The van der Waals surface area contributed by atoms with Crippen LogP contribution in [0.1, 0.15) is 43.7 Å². The lowest BCUT2D eigenvalue weighted by Gasteiger charge is -2.31. The van der Waals surface area contributed by atoms with Crippen LogP contribution in [-0.2, 0) is 0 Å². The van der Waals surface area contributed by atoms with Crippen LogP contribution in [0.2, 0.25) is 0 Å². The minimum absolute atomic E-state index is 0. The van der Waals surface area contributed by atoms with Crippen molar-refractivity contribution in [3.8, 4) is 11.5 Å². The lowest BCUT2D eigenvalue weighted by molar-refractivity contribution is 0.0617. The summed E-state index contributed by atoms with van der Waals surface area (Å²) >= 11 is 3.45. The fraction of sp³-hybridized carbons (Fsp3) is 0.625. The number of rotatable bonds is 5. The molecule has 0 bridgehead atoms. The van der Waals surface area contributed by atoms with Gasteiger partial charge in [0.15, 0.2) is 0 Å². The minimum atomic E-state index is -0.527. The van der Waals surface area contributed by atoms with E-state index in [4.69, 9.17) is 15.2 Å². The summed E-state index contributed by atoms with van der Waals surface area (Å²) < 4.78 is 11.4. The molecule has 1 fully saturated rings. The summed E-state index contributed by atoms with van der Waals surface area (Å²) in [6.07, 6.45) is 5.21. The second-order valence-electron chi connectivity index (χ2n) is 5.65. The number of hydrogen-bond donors (Lipinski definition) is 2. The highest BCUT2D eigenvalue weighted by atomic mass is 79.9. The Labute approximate surface area is 146 Å². The first-order valence-corrected chi connectivity index (χ1v) is 8.22. The van der Waals surface area contributed by atoms with Crippen LogP contribution in [0, 0.1) is 5.92 Å². The van der Waals surface area contributed by atoms with Crippen molar-refractivity contribution in [1.82, 2.24) is 0 Å². The van der Waals surface area contributed by atoms with Gasteiger partial charge in [0, 0.05) is 0 Å². The number of methoxy groups -OCH3 is 2. The SMILES string of the molecule is COc1cc([C@@H](N)[C@@H](O)C2CCCCC2)cc(OC)c1Br.Cl. The summed E-state index contributed by atoms with van der Waals surface area (Å²) in [5, 5.41) is 10.6. The zero-order valence-corrected chi connectivity index (χ0v) is 15.5. The zero-order valence-electron chi connectivity index (χ0n) is 13.0. The Morgan fingerprint density at radius 3 is 2.09 bits per heavy atom. The average molecular weight is 395 g/mol. The first-order chi connectivity index (χ1) is 10.1. The third kappa shape index (κ3) is 4.28. The van der Waals surface area contributed by atoms with E-state index in [1.165, 1.54) is 19.3 Å². The fourth-order valence-electron chi connectivity index (χ4n) is 3.05. The number of hydrogen-bond acceptors (Lipinski definition) is 4. The van der Waals surface area contributed by atoms with Gasteiger partial charge >= 0.3 is 0 Å². The number of benzene rings is 1. The van der Waals surface area contributed by atoms with E-state index in [0.29, 0.717) is 11.5 Å². The van der Waals surface area contributed by atoms with E-state index in [0.717, 1.165) is 22.9 Å². The summed E-state index contributed by atoms with van der Waals surface area (Å²) in [5.74, 6) is 1.61. The summed E-state index contributed by atoms with van der Waals surface area (Å²) in [6, 6.07) is 3.30. The number of halogens is 2. The van der Waals surface area contributed by atoms with Crippen molar-refractivity contribution >= 4 is 28.3 Å². The smallest absolute Gasteiger partial charge is 0.137 e. The van der Waals surface area contributed by atoms with Gasteiger partial charge in [-0.15, -0.1) is 12.4 Å². The van der Waals surface area contributed by atoms with E-state index in [2.05, 4.69) is 15.9 Å². The van der Waals surface area contributed by atoms with E-state index >= 15 is 0 Å². The standard InChI is InChI=1S/C16H24BrNO3.ClH/c1-20-12-8-11(9-13(21-2)14(12)17)15(18)16(19)10-6-4-3-5-7-10;/h8-10,15-16,19H,3-7,18H2,1-2H3;1H/t15-,16+;/m1./s1. The summed E-state index contributed by atoms with van der Waals surface area (Å²) in [5.41, 5.74) is 7.13. The van der Waals surface area contributed by atoms with Crippen molar-refractivity contribution in [2.24, 2.45) is 11.7 Å². The van der Waals surface area contributed by atoms with Crippen LogP contribution < -0.4 is 15.2 Å². The van der Waals surface area contributed by atoms with Crippen LogP contribution in [0.25, 0.3) is 0 Å². The third-order valence-corrected chi connectivity index (χ3v) is 5.14. The van der Waals surface area contributed by atoms with E-state index in [1.807, 2.05) is 12.1 Å². The monoisotopic (exact) mass is 393 g/mol. The van der Waals surface area contributed by atoms with Crippen molar-refractivity contribution in [3.63, 3.8) is 0 Å². The largest absolute Gasteiger partial charge is 0.495 e. The molecule has 0 unspecified atom stereocenters. The van der Waals surface area contributed by atoms with E-state index in [-0.39, 0.29) is 18.3 Å². The third-order valence-electron chi connectivity index (χ3n) is 4.35. The molecule has 2 atom stereocenters. The average Bonchev–Trinajstić information content (AvgIpc) is 2.54. The number of aliphatic hydroxyl groups is 1. The zero-order chi connectivity index (χ0) is 15.4. The first kappa shape index (κ1) is 19.6. The van der Waals surface area contributed by atoms with Gasteiger partial charge in [-0.1, -0.05) is 19.3 Å². The predicted octanol–water partition coefficient (Wildman–Crippen LogP) is 3.83. The van der Waals surface area contributed by atoms with E-state index < -0.39 is 12.1 Å². The summed E-state index contributed by atoms with van der Waals surface area (Å²) in [6.45, 7) is 0. The van der Waals surface area contributed by atoms with Crippen LogP contribution in [-0.4, -0.2) is 25.4 Å². The molecule has 6 heteroatoms. The van der Waals surface area contributed by atoms with E-state index in [1.54, 1.807) is 14.2 Å². The quantitative estimate of drug-likeness (QED) is 0.796. The molecule has 0 amide bonds. The van der Waals surface area contributed by atoms with Crippen molar-refractivity contribution in [1.29, 1.82) is 0 Å². The lowest BCUT2D eigenvalue weighted by atomic mass is 9.81. The van der Waals surface area contributed by atoms with Crippen LogP contribution >= 0.6 is 28.3 Å². The molecule has 1 saturated carbocycles. The molecular weight excluding hydrogens is 370 g/mol. The van der Waals surface area contributed by atoms with Gasteiger partial charge in [0.05, 0.1) is 26.4 Å². The molecular formula is C16H25BrClNO3. The molecule has 1 aliphatic rings. The van der Waals surface area contributed by atoms with Crippen LogP contribution in [0.15, 0.2) is 16.6 Å². The molecule has 2 rings (SSSR count). The minimum Gasteiger partial charge on any atom is -0.495 e. The second-order valence-corrected chi connectivity index (χ2v) is 6.45. The highest BCUT2D eigenvalue weighted by Gasteiger charge is 2.28. The van der Waals surface area contributed by atoms with Gasteiger partial charge in [-0.25, -0.2) is 0 Å². The van der Waals surface area contributed by atoms with Crippen molar-refractivity contribution in [2.75, 3.05) is 14.2 Å². The van der Waals surface area contributed by atoms with Crippen LogP contribution in [0.4, 0.5) is 0 Å². The molecule has 3 N–H and O–H groups in total. The molecule has 0 aliphatic heterocycles. The maximum absolute atomic E-state index is 10.6. The molecule has 22 heavy (non-hydrogen) atoms. The molecule has 0 spiro atoms. The fourth-order valence-corrected chi connectivity index (χ4v) is 3.60. The number of aliphatic hydroxyl groups excluding tert-OH is 1. The lowest BCUT2D eigenvalue weighted by Crippen LogP contribution is -2.34. The number of nitrogens with two attached hydrogens (primary N) is 1. The normalized spacial score (nSPS) is 18.2. The maximum Gasteiger partial charge on any atom is 0.137 e. The Kier molecular flexibility index (Phi) is 7.97. The summed E-state index contributed by atoms with van der Waals surface area (Å²) in [7, 11) is 3.21. The Morgan fingerprint density at radius 1 is 1.14 bits per heavy atom. The Morgan fingerprint density at radius 2 is 1.64 bits per heavy atom. The Bertz CT molecular complexity index is 455. The molecule has 0 aromatic heterocycles. The van der Waals surface area contributed by atoms with Crippen molar-refractivity contribution in [2.45, 2.75) is 44.2 Å². The molecule has 1 aliphatic carbocycles. The van der Waals surface area contributed by atoms with Gasteiger partial charge in [-0.05, 0) is 52.4 Å². The predicted molar refractivity (Wildman–Crippen MR) is 94.0 cm³/mol. The van der Waals surface area contributed by atoms with Gasteiger partial charge in [0.25, 0.3) is 0 Å². The molecule has 0 saturated heterocycles. The van der Waals surface area contributed by atoms with E-state index in [9.17, 15) is 5.11 Å². The molecule has 1 aromatic rings. The Hall–Kier alpha value is -0.490. The molecule has 4 nitrogen and oxygen atoms in total. The first-order valence-electron chi connectivity index (χ1n) is 7.43. The van der Waals surface area contributed by atoms with Gasteiger partial charge < -0.3 is 20.3 Å². The summed E-state index contributed by atoms with van der Waals surface area (Å²) in [4.78, 5) is 0. The second kappa shape index (κ2) is 8.96. The maximum atomic E-state index is 10.6.